The molecule has 0 aliphatic carbocycles. The Kier molecular flexibility index (Phi) is 6.28. The average molecular weight is 376 g/mol. The second-order valence-electron chi connectivity index (χ2n) is 4.79. The van der Waals surface area contributed by atoms with Crippen molar-refractivity contribution >= 4 is 16.1 Å². The number of carbonyl (C=O) groups excluding carboxylic acids is 1. The summed E-state index contributed by atoms with van der Waals surface area (Å²) in [4.78, 5) is 11.3. The molecule has 1 aromatic carbocycles. The third kappa shape index (κ3) is 5.41. The van der Waals surface area contributed by atoms with Gasteiger partial charge in [0.05, 0.1) is 0 Å². The van der Waals surface area contributed by atoms with Gasteiger partial charge in [-0.2, -0.15) is 30.4 Å². The fourth-order valence-corrected chi connectivity index (χ4v) is 2.19. The molecule has 0 aliphatic rings. The van der Waals surface area contributed by atoms with E-state index in [9.17, 15) is 35.2 Å². The maximum Gasteiger partial charge on any atom is 0.432 e. The van der Waals surface area contributed by atoms with Crippen molar-refractivity contribution in [3.8, 4) is 0 Å². The summed E-state index contributed by atoms with van der Waals surface area (Å²) in [6.07, 6.45) is -10.5. The average Bonchev–Trinajstić information content (AvgIpc) is 2.43. The Bertz CT molecular complexity index is 657. The van der Waals surface area contributed by atoms with Crippen LogP contribution in [-0.4, -0.2) is 36.5 Å². The van der Waals surface area contributed by atoms with Gasteiger partial charge in [0.2, 0.25) is 0 Å². The Balaban J connectivity index is 2.72. The van der Waals surface area contributed by atoms with E-state index in [1.165, 1.54) is 0 Å². The van der Waals surface area contributed by atoms with Gasteiger partial charge in [-0.3, -0.25) is 9.35 Å². The van der Waals surface area contributed by atoms with Crippen LogP contribution in [-0.2, 0) is 26.1 Å². The van der Waals surface area contributed by atoms with Crippen molar-refractivity contribution in [1.82, 2.24) is 0 Å². The van der Waals surface area contributed by atoms with Gasteiger partial charge in [-0.25, -0.2) is 0 Å². The van der Waals surface area contributed by atoms with E-state index in [2.05, 4.69) is 4.74 Å². The zero-order valence-corrected chi connectivity index (χ0v) is 12.8. The molecule has 0 aliphatic heterocycles. The van der Waals surface area contributed by atoms with E-state index in [4.69, 9.17) is 4.55 Å². The molecule has 0 saturated heterocycles. The second kappa shape index (κ2) is 7.43. The molecule has 0 fully saturated rings. The number of hydrogen-bond acceptors (Lipinski definition) is 4. The van der Waals surface area contributed by atoms with Gasteiger partial charge in [-0.15, -0.1) is 0 Å². The Hall–Kier alpha value is -1.75. The zero-order valence-electron chi connectivity index (χ0n) is 12.0. The summed E-state index contributed by atoms with van der Waals surface area (Å²) in [5.41, 5.74) is 0.765. The Morgan fingerprint density at radius 3 is 2.12 bits per heavy atom. The Morgan fingerprint density at radius 2 is 1.67 bits per heavy atom. The summed E-state index contributed by atoms with van der Waals surface area (Å²) in [7, 11) is -6.42. The molecule has 136 valence electrons. The molecule has 0 heterocycles. The summed E-state index contributed by atoms with van der Waals surface area (Å²) < 4.78 is 96.8. The molecule has 0 radical (unpaired) electrons. The number of carbonyl (C=O) groups is 1. The number of ether oxygens (including phenoxy) is 1. The lowest BCUT2D eigenvalue weighted by Gasteiger charge is -2.26. The van der Waals surface area contributed by atoms with Gasteiger partial charge in [0, 0.05) is 6.42 Å². The fourth-order valence-electron chi connectivity index (χ4n) is 1.73. The quantitative estimate of drug-likeness (QED) is 0.450. The lowest BCUT2D eigenvalue weighted by molar-refractivity contribution is -0.259. The number of rotatable bonds is 7. The monoisotopic (exact) mass is 376 g/mol. The van der Waals surface area contributed by atoms with Gasteiger partial charge in [0.25, 0.3) is 6.10 Å². The van der Waals surface area contributed by atoms with Crippen molar-refractivity contribution in [2.45, 2.75) is 36.8 Å². The maximum absolute atomic E-state index is 13.2. The highest BCUT2D eigenvalue weighted by Gasteiger charge is 2.65. The summed E-state index contributed by atoms with van der Waals surface area (Å²) in [6, 6.07) is 8.50. The number of alkyl halides is 5. The summed E-state index contributed by atoms with van der Waals surface area (Å²) >= 11 is 0. The molecule has 1 aromatic rings. The minimum Gasteiger partial charge on any atom is -0.445 e. The van der Waals surface area contributed by atoms with Crippen molar-refractivity contribution < 1.29 is 44.5 Å². The molecule has 0 aromatic heterocycles. The highest BCUT2D eigenvalue weighted by Crippen LogP contribution is 2.38. The zero-order chi connectivity index (χ0) is 18.6. The first-order valence-electron chi connectivity index (χ1n) is 6.50. The van der Waals surface area contributed by atoms with E-state index in [1.807, 2.05) is 0 Å². The number of esters is 1. The van der Waals surface area contributed by atoms with Gasteiger partial charge in [0.15, 0.2) is 0 Å². The van der Waals surface area contributed by atoms with Gasteiger partial charge < -0.3 is 4.74 Å². The largest absolute Gasteiger partial charge is 0.445 e. The molecule has 0 saturated carbocycles. The normalized spacial score (nSPS) is 14.2. The molecule has 5 nitrogen and oxygen atoms in total. The highest BCUT2D eigenvalue weighted by atomic mass is 32.2. The fraction of sp³-hybridized carbons (Fsp3) is 0.462. The number of hydrogen-bond donors (Lipinski definition) is 1. The summed E-state index contributed by atoms with van der Waals surface area (Å²) in [5, 5.41) is -5.71. The van der Waals surface area contributed by atoms with Crippen LogP contribution in [0.1, 0.15) is 18.4 Å². The maximum atomic E-state index is 13.2. The molecule has 1 atom stereocenters. The van der Waals surface area contributed by atoms with E-state index in [0.717, 1.165) is 5.56 Å². The number of halogens is 5. The molecule has 1 rings (SSSR count). The van der Waals surface area contributed by atoms with Gasteiger partial charge in [-0.05, 0) is 18.4 Å². The molecule has 0 bridgehead atoms. The minimum atomic E-state index is -6.42. The molecule has 1 unspecified atom stereocenters. The van der Waals surface area contributed by atoms with E-state index < -0.39 is 40.0 Å². The van der Waals surface area contributed by atoms with Crippen LogP contribution in [0.2, 0.25) is 0 Å². The van der Waals surface area contributed by atoms with Crippen LogP contribution in [0.15, 0.2) is 30.3 Å². The summed E-state index contributed by atoms with van der Waals surface area (Å²) in [6.45, 7) is 0. The van der Waals surface area contributed by atoms with Crippen molar-refractivity contribution in [2.24, 2.45) is 0 Å². The first-order valence-corrected chi connectivity index (χ1v) is 7.94. The molecule has 24 heavy (non-hydrogen) atoms. The third-order valence-corrected chi connectivity index (χ3v) is 3.79. The molecule has 1 N–H and O–H groups in total. The first kappa shape index (κ1) is 20.3. The van der Waals surface area contributed by atoms with Crippen molar-refractivity contribution in [1.29, 1.82) is 0 Å². The van der Waals surface area contributed by atoms with E-state index in [1.54, 1.807) is 30.3 Å². The van der Waals surface area contributed by atoms with Crippen molar-refractivity contribution in [2.75, 3.05) is 0 Å². The highest BCUT2D eigenvalue weighted by molar-refractivity contribution is 7.86. The lowest BCUT2D eigenvalue weighted by Crippen LogP contribution is -2.52. The molecular formula is C13H13F5O5S. The van der Waals surface area contributed by atoms with Crippen LogP contribution >= 0.6 is 0 Å². The topological polar surface area (TPSA) is 80.7 Å². The van der Waals surface area contributed by atoms with E-state index in [0.29, 0.717) is 0 Å². The third-order valence-electron chi connectivity index (χ3n) is 2.88. The molecule has 0 amide bonds. The minimum absolute atomic E-state index is 0.00483. The van der Waals surface area contributed by atoms with Gasteiger partial charge in [0.1, 0.15) is 0 Å². The summed E-state index contributed by atoms with van der Waals surface area (Å²) in [5.74, 6) is -1.66. The van der Waals surface area contributed by atoms with Crippen LogP contribution < -0.4 is 0 Å². The number of benzene rings is 1. The van der Waals surface area contributed by atoms with E-state index >= 15 is 0 Å². The van der Waals surface area contributed by atoms with E-state index in [-0.39, 0.29) is 12.8 Å². The Morgan fingerprint density at radius 1 is 1.12 bits per heavy atom. The van der Waals surface area contributed by atoms with Crippen LogP contribution in [0, 0.1) is 0 Å². The second-order valence-corrected chi connectivity index (χ2v) is 6.28. The van der Waals surface area contributed by atoms with Crippen LogP contribution in [0.5, 0.6) is 0 Å². The Labute approximate surface area is 134 Å². The van der Waals surface area contributed by atoms with Gasteiger partial charge >= 0.3 is 27.5 Å². The molecular weight excluding hydrogens is 363 g/mol. The SMILES string of the molecule is O=C(CCCc1ccccc1)OC(C(F)(F)F)C(F)(F)S(=O)(=O)O. The van der Waals surface area contributed by atoms with Crippen molar-refractivity contribution in [3.05, 3.63) is 35.9 Å². The smallest absolute Gasteiger partial charge is 0.432 e. The first-order chi connectivity index (χ1) is 10.9. The molecule has 11 heteroatoms. The predicted molar refractivity (Wildman–Crippen MR) is 71.8 cm³/mol. The van der Waals surface area contributed by atoms with Crippen LogP contribution in [0.25, 0.3) is 0 Å². The van der Waals surface area contributed by atoms with Crippen LogP contribution in [0.3, 0.4) is 0 Å². The van der Waals surface area contributed by atoms with Crippen LogP contribution in [0.4, 0.5) is 22.0 Å². The van der Waals surface area contributed by atoms with Crippen molar-refractivity contribution in [3.63, 3.8) is 0 Å². The predicted octanol–water partition coefficient (Wildman–Crippen LogP) is 2.96. The standard InChI is InChI=1S/C13H13F5O5S/c14-12(15,16)11(13(17,18)24(20,21)22)23-10(19)8-4-7-9-5-2-1-3-6-9/h1-3,5-6,11H,4,7-8H2,(H,20,21,22). The lowest BCUT2D eigenvalue weighted by atomic mass is 10.1. The van der Waals surface area contributed by atoms with Gasteiger partial charge in [-0.1, -0.05) is 30.3 Å². The molecule has 0 spiro atoms. The number of aryl methyl sites for hydroxylation is 1.